The average Bonchev–Trinajstić information content (AvgIpc) is 3.00. The van der Waals surface area contributed by atoms with Gasteiger partial charge in [0.1, 0.15) is 5.02 Å². The number of halogens is 4. The molecule has 0 saturated carbocycles. The molecule has 1 fully saturated rings. The van der Waals surface area contributed by atoms with E-state index in [2.05, 4.69) is 10.3 Å². The van der Waals surface area contributed by atoms with Crippen molar-refractivity contribution in [2.45, 2.75) is 25.1 Å². The van der Waals surface area contributed by atoms with E-state index in [1.807, 2.05) is 0 Å². The molecule has 136 valence electrons. The third kappa shape index (κ3) is 3.99. The van der Waals surface area contributed by atoms with Gasteiger partial charge in [0, 0.05) is 23.7 Å². The molecule has 1 saturated heterocycles. The molecule has 0 spiro atoms. The molecule has 0 unspecified atom stereocenters. The number of benzene rings is 1. The Morgan fingerprint density at radius 2 is 1.96 bits per heavy atom. The van der Waals surface area contributed by atoms with Crippen LogP contribution in [0.15, 0.2) is 47.3 Å². The largest absolute Gasteiger partial charge is 0.416 e. The summed E-state index contributed by atoms with van der Waals surface area (Å²) < 4.78 is 39.2. The van der Waals surface area contributed by atoms with Gasteiger partial charge in [-0.2, -0.15) is 13.2 Å². The highest BCUT2D eigenvalue weighted by atomic mass is 35.5. The molecule has 1 atom stereocenters. The number of nitrogens with one attached hydrogen (secondary N) is 2. The second-order valence-corrected chi connectivity index (χ2v) is 6.33. The highest BCUT2D eigenvalue weighted by Crippen LogP contribution is 2.32. The molecule has 26 heavy (non-hydrogen) atoms. The van der Waals surface area contributed by atoms with Crippen LogP contribution < -0.4 is 10.9 Å². The minimum absolute atomic E-state index is 0.0219. The normalized spacial score (nSPS) is 18.1. The minimum atomic E-state index is -4.49. The van der Waals surface area contributed by atoms with Gasteiger partial charge in [0.25, 0.3) is 5.56 Å². The third-order valence-electron chi connectivity index (χ3n) is 4.05. The van der Waals surface area contributed by atoms with Gasteiger partial charge < -0.3 is 10.3 Å². The minimum Gasteiger partial charge on any atom is -0.350 e. The zero-order valence-corrected chi connectivity index (χ0v) is 14.1. The predicted octanol–water partition coefficient (Wildman–Crippen LogP) is 3.76. The first-order chi connectivity index (χ1) is 12.2. The fourth-order valence-corrected chi connectivity index (χ4v) is 2.89. The highest BCUT2D eigenvalue weighted by molar-refractivity contribution is 6.30. The molecule has 3 rings (SSSR count). The van der Waals surface area contributed by atoms with Gasteiger partial charge in [-0.1, -0.05) is 29.8 Å². The number of alkyl halides is 3. The molecule has 2 aromatic rings. The standard InChI is InChI=1S/C18H14ClF3N2O2/c19-14-5-6-15(24-17(14)26)13(9-12-4-7-16(25)23-12)10-2-1-3-11(8-10)18(20,21)22/h1-3,5-6,8-9,12H,4,7H2,(H,23,25)(H,24,26)/b13-9-/t12-/m1/s1. The van der Waals surface area contributed by atoms with Crippen LogP contribution in [0.2, 0.25) is 5.02 Å². The number of hydrogen-bond acceptors (Lipinski definition) is 2. The Hall–Kier alpha value is -2.54. The first kappa shape index (κ1) is 18.3. The number of aromatic amines is 1. The van der Waals surface area contributed by atoms with Crippen molar-refractivity contribution in [3.63, 3.8) is 0 Å². The van der Waals surface area contributed by atoms with Crippen molar-refractivity contribution in [2.75, 3.05) is 0 Å². The molecule has 4 nitrogen and oxygen atoms in total. The summed E-state index contributed by atoms with van der Waals surface area (Å²) in [7, 11) is 0. The smallest absolute Gasteiger partial charge is 0.350 e. The summed E-state index contributed by atoms with van der Waals surface area (Å²) in [5, 5.41) is 2.72. The summed E-state index contributed by atoms with van der Waals surface area (Å²) in [4.78, 5) is 25.8. The molecule has 1 aromatic heterocycles. The van der Waals surface area contributed by atoms with Crippen LogP contribution in [0.25, 0.3) is 5.57 Å². The van der Waals surface area contributed by atoms with Crippen LogP contribution in [0.4, 0.5) is 13.2 Å². The van der Waals surface area contributed by atoms with Crippen molar-refractivity contribution in [2.24, 2.45) is 0 Å². The number of pyridine rings is 1. The number of carbonyl (C=O) groups excluding carboxylic acids is 1. The van der Waals surface area contributed by atoms with E-state index in [0.29, 0.717) is 24.1 Å². The molecule has 1 amide bonds. The number of rotatable bonds is 3. The quantitative estimate of drug-likeness (QED) is 0.849. The van der Waals surface area contributed by atoms with Crippen LogP contribution in [0.1, 0.15) is 29.7 Å². The van der Waals surface area contributed by atoms with Gasteiger partial charge in [-0.25, -0.2) is 0 Å². The molecular weight excluding hydrogens is 369 g/mol. The zero-order valence-electron chi connectivity index (χ0n) is 13.4. The van der Waals surface area contributed by atoms with Gasteiger partial charge in [-0.05, 0) is 36.2 Å². The van der Waals surface area contributed by atoms with E-state index in [1.165, 1.54) is 24.3 Å². The second-order valence-electron chi connectivity index (χ2n) is 5.92. The first-order valence-electron chi connectivity index (χ1n) is 7.82. The van der Waals surface area contributed by atoms with Crippen LogP contribution >= 0.6 is 11.6 Å². The monoisotopic (exact) mass is 382 g/mol. The van der Waals surface area contributed by atoms with Crippen molar-refractivity contribution < 1.29 is 18.0 Å². The van der Waals surface area contributed by atoms with Crippen LogP contribution in [0.5, 0.6) is 0 Å². The number of H-pyrrole nitrogens is 1. The number of aromatic nitrogens is 1. The lowest BCUT2D eigenvalue weighted by Crippen LogP contribution is -2.23. The summed E-state index contributed by atoms with van der Waals surface area (Å²) in [6, 6.07) is 7.37. The molecule has 2 heterocycles. The molecule has 2 N–H and O–H groups in total. The lowest BCUT2D eigenvalue weighted by atomic mass is 9.97. The molecule has 1 aromatic carbocycles. The Balaban J connectivity index is 2.11. The molecular formula is C18H14ClF3N2O2. The average molecular weight is 383 g/mol. The topological polar surface area (TPSA) is 62.0 Å². The lowest BCUT2D eigenvalue weighted by molar-refractivity contribution is -0.137. The zero-order chi connectivity index (χ0) is 18.9. The van der Waals surface area contributed by atoms with Gasteiger partial charge in [0.15, 0.2) is 0 Å². The SMILES string of the molecule is O=C1CC[C@H](/C=C(/c2cccc(C(F)(F)F)c2)c2ccc(Cl)c(=O)[nH]2)N1. The fraction of sp³-hybridized carbons (Fsp3) is 0.222. The van der Waals surface area contributed by atoms with Gasteiger partial charge in [0.05, 0.1) is 5.56 Å². The predicted molar refractivity (Wildman–Crippen MR) is 91.8 cm³/mol. The van der Waals surface area contributed by atoms with Gasteiger partial charge in [-0.15, -0.1) is 0 Å². The van der Waals surface area contributed by atoms with Gasteiger partial charge >= 0.3 is 6.18 Å². The van der Waals surface area contributed by atoms with E-state index in [9.17, 15) is 22.8 Å². The number of amides is 1. The van der Waals surface area contributed by atoms with E-state index in [4.69, 9.17) is 11.6 Å². The van der Waals surface area contributed by atoms with Crippen molar-refractivity contribution in [3.05, 3.63) is 74.7 Å². The molecule has 1 aliphatic rings. The van der Waals surface area contributed by atoms with Crippen LogP contribution in [0.3, 0.4) is 0 Å². The van der Waals surface area contributed by atoms with E-state index in [0.717, 1.165) is 12.1 Å². The Morgan fingerprint density at radius 3 is 2.58 bits per heavy atom. The fourth-order valence-electron chi connectivity index (χ4n) is 2.78. The Labute approximate surface area is 151 Å². The third-order valence-corrected chi connectivity index (χ3v) is 4.35. The molecule has 0 radical (unpaired) electrons. The maximum absolute atomic E-state index is 13.1. The van der Waals surface area contributed by atoms with E-state index in [-0.39, 0.29) is 22.5 Å². The Morgan fingerprint density at radius 1 is 1.19 bits per heavy atom. The summed E-state index contributed by atoms with van der Waals surface area (Å²) in [5.74, 6) is -0.126. The summed E-state index contributed by atoms with van der Waals surface area (Å²) in [6.45, 7) is 0. The van der Waals surface area contributed by atoms with E-state index in [1.54, 1.807) is 6.08 Å². The Kier molecular flexibility index (Phi) is 4.91. The van der Waals surface area contributed by atoms with E-state index < -0.39 is 17.3 Å². The van der Waals surface area contributed by atoms with Crippen molar-refractivity contribution in [3.8, 4) is 0 Å². The first-order valence-corrected chi connectivity index (χ1v) is 8.20. The Bertz CT molecular complexity index is 935. The van der Waals surface area contributed by atoms with Crippen molar-refractivity contribution >= 4 is 23.1 Å². The van der Waals surface area contributed by atoms with Gasteiger partial charge in [-0.3, -0.25) is 9.59 Å². The maximum atomic E-state index is 13.1. The highest BCUT2D eigenvalue weighted by Gasteiger charge is 2.31. The van der Waals surface area contributed by atoms with Crippen LogP contribution in [-0.2, 0) is 11.0 Å². The summed E-state index contributed by atoms with van der Waals surface area (Å²) in [5.41, 5.74) is -0.360. The number of carbonyl (C=O) groups is 1. The van der Waals surface area contributed by atoms with Crippen molar-refractivity contribution in [1.29, 1.82) is 0 Å². The van der Waals surface area contributed by atoms with Gasteiger partial charge in [0.2, 0.25) is 5.91 Å². The molecule has 0 aliphatic carbocycles. The maximum Gasteiger partial charge on any atom is 0.416 e. The molecule has 0 bridgehead atoms. The molecule has 1 aliphatic heterocycles. The lowest BCUT2D eigenvalue weighted by Gasteiger charge is -2.14. The summed E-state index contributed by atoms with van der Waals surface area (Å²) >= 11 is 5.74. The molecule has 8 heteroatoms. The summed E-state index contributed by atoms with van der Waals surface area (Å²) in [6.07, 6.45) is -1.97. The van der Waals surface area contributed by atoms with Crippen LogP contribution in [-0.4, -0.2) is 16.9 Å². The van der Waals surface area contributed by atoms with Crippen molar-refractivity contribution in [1.82, 2.24) is 10.3 Å². The second kappa shape index (κ2) is 6.99. The van der Waals surface area contributed by atoms with Crippen LogP contribution in [0, 0.1) is 0 Å². The van der Waals surface area contributed by atoms with E-state index >= 15 is 0 Å². The number of hydrogen-bond donors (Lipinski definition) is 2.